The van der Waals surface area contributed by atoms with Gasteiger partial charge in [0.2, 0.25) is 0 Å². The van der Waals surface area contributed by atoms with Crippen LogP contribution in [0.15, 0.2) is 0 Å². The minimum Gasteiger partial charge on any atom is -0.0776 e. The number of rotatable bonds is 0. The molecular weight excluding hydrogens is 228 g/mol. The van der Waals surface area contributed by atoms with Crippen LogP contribution in [0.2, 0.25) is 0 Å². The summed E-state index contributed by atoms with van der Waals surface area (Å²) in [7, 11) is 0. The van der Waals surface area contributed by atoms with E-state index in [1.807, 2.05) is 125 Å². The molecule has 0 aromatic heterocycles. The largest absolute Gasteiger partial charge is 0.0776 e. The Morgan fingerprint density at radius 3 is 0.158 bits per heavy atom. The lowest BCUT2D eigenvalue weighted by Gasteiger charge is -1.07. The summed E-state index contributed by atoms with van der Waals surface area (Å²) in [6.07, 6.45) is 0. The summed E-state index contributed by atoms with van der Waals surface area (Å²) in [5.41, 5.74) is 0. The molecule has 0 N–H and O–H groups in total. The van der Waals surface area contributed by atoms with Crippen LogP contribution in [-0.4, -0.2) is 0 Å². The van der Waals surface area contributed by atoms with E-state index in [2.05, 4.69) is 0 Å². The first-order valence-electron chi connectivity index (χ1n) is 9.00. The van der Waals surface area contributed by atoms with Gasteiger partial charge >= 0.3 is 0 Å². The van der Waals surface area contributed by atoms with Crippen LogP contribution in [0, 0.1) is 0 Å². The Bertz CT molecular complexity index is 0. The van der Waals surface area contributed by atoms with E-state index in [1.54, 1.807) is 0 Å². The van der Waals surface area contributed by atoms with Gasteiger partial charge < -0.3 is 0 Å². The molecule has 0 amide bonds. The Hall–Kier alpha value is 0. The van der Waals surface area contributed by atoms with Crippen LogP contribution in [0.3, 0.4) is 0 Å². The number of hydrogen-bond acceptors (Lipinski definition) is 0. The van der Waals surface area contributed by atoms with E-state index in [-0.39, 0.29) is 7.43 Å². The van der Waals surface area contributed by atoms with Crippen molar-refractivity contribution in [3.8, 4) is 0 Å². The molecule has 0 unspecified atom stereocenters. The predicted molar refractivity (Wildman–Crippen MR) is 109 cm³/mol. The smallest absolute Gasteiger partial charge is 0.0683 e. The minimum atomic E-state index is 0. The lowest BCUT2D eigenvalue weighted by molar-refractivity contribution is 1.50. The van der Waals surface area contributed by atoms with Gasteiger partial charge in [0.25, 0.3) is 0 Å². The van der Waals surface area contributed by atoms with E-state index in [1.165, 1.54) is 0 Å². The molecule has 0 nitrogen and oxygen atoms in total. The highest BCUT2D eigenvalue weighted by Crippen LogP contribution is 1.16. The normalized spacial score (nSPS) is 2.84. The molecule has 0 aliphatic heterocycles. The van der Waals surface area contributed by atoms with Crippen molar-refractivity contribution in [3.05, 3.63) is 0 Å². The highest BCUT2D eigenvalue weighted by molar-refractivity contribution is 3.52. The van der Waals surface area contributed by atoms with E-state index in [4.69, 9.17) is 0 Å². The van der Waals surface area contributed by atoms with Crippen LogP contribution in [0.1, 0.15) is 132 Å². The van der Waals surface area contributed by atoms with Crippen LogP contribution in [0.5, 0.6) is 0 Å². The average molecular weight is 287 g/mol. The Kier molecular flexibility index (Phi) is 0. The maximum Gasteiger partial charge on any atom is -0.0683 e. The zero-order valence-electron chi connectivity index (χ0n) is 18.0. The van der Waals surface area contributed by atoms with Crippen LogP contribution in [0.4, 0.5) is 0 Å². The Balaban J connectivity index is -0.00000000596. The summed E-state index contributed by atoms with van der Waals surface area (Å²) in [5, 5.41) is 0. The highest BCUT2D eigenvalue weighted by Gasteiger charge is 0.948. The van der Waals surface area contributed by atoms with Gasteiger partial charge in [-0.3, -0.25) is 0 Å². The van der Waals surface area contributed by atoms with Gasteiger partial charge in [0.1, 0.15) is 0 Å². The Labute approximate surface area is 132 Å². The van der Waals surface area contributed by atoms with Crippen molar-refractivity contribution in [1.29, 1.82) is 0 Å². The van der Waals surface area contributed by atoms with Crippen LogP contribution >= 0.6 is 0 Å². The molecule has 19 heavy (non-hydrogen) atoms. The maximum absolute atomic E-state index is 2.00. The molecular formula is C19H58. The molecule has 0 saturated heterocycles. The molecule has 0 spiro atoms. The van der Waals surface area contributed by atoms with E-state index >= 15 is 0 Å². The number of hydrogen-bond donors (Lipinski definition) is 0. The Morgan fingerprint density at radius 1 is 0.158 bits per heavy atom. The van der Waals surface area contributed by atoms with Crippen LogP contribution in [-0.2, 0) is 0 Å². The molecule has 0 rings (SSSR count). The predicted octanol–water partition coefficient (Wildman–Crippen LogP) is 9.87. The second-order valence-electron chi connectivity index (χ2n) is 0. The summed E-state index contributed by atoms with van der Waals surface area (Å²) in [4.78, 5) is 0. The molecule has 0 fully saturated rings. The van der Waals surface area contributed by atoms with Gasteiger partial charge in [-0.1, -0.05) is 132 Å². The topological polar surface area (TPSA) is 0 Å². The van der Waals surface area contributed by atoms with E-state index < -0.39 is 0 Å². The lowest BCUT2D eigenvalue weighted by atomic mass is 11.0. The fourth-order valence-corrected chi connectivity index (χ4v) is 0. The first-order chi connectivity index (χ1) is 9.00. The highest BCUT2D eigenvalue weighted by atomic mass is 13.0. The minimum absolute atomic E-state index is 0. The lowest BCUT2D eigenvalue weighted by Crippen LogP contribution is -0.856. The molecule has 134 valence electrons. The summed E-state index contributed by atoms with van der Waals surface area (Å²) in [5.74, 6) is 0. The molecule has 0 aliphatic rings. The van der Waals surface area contributed by atoms with Gasteiger partial charge in [-0.2, -0.15) is 0 Å². The summed E-state index contributed by atoms with van der Waals surface area (Å²) in [6, 6.07) is 0. The SMILES string of the molecule is C.CC.CC.CC.CC.CC.CC.CC.CC.CC. The molecule has 0 saturated carbocycles. The van der Waals surface area contributed by atoms with Gasteiger partial charge in [0.15, 0.2) is 0 Å². The van der Waals surface area contributed by atoms with Crippen molar-refractivity contribution in [1.82, 2.24) is 0 Å². The van der Waals surface area contributed by atoms with Crippen molar-refractivity contribution in [2.45, 2.75) is 132 Å². The molecule has 0 aliphatic carbocycles. The monoisotopic (exact) mass is 286 g/mol. The van der Waals surface area contributed by atoms with Gasteiger partial charge in [-0.25, -0.2) is 0 Å². The molecule has 0 atom stereocenters. The van der Waals surface area contributed by atoms with Crippen molar-refractivity contribution in [2.24, 2.45) is 0 Å². The summed E-state index contributed by atoms with van der Waals surface area (Å²) >= 11 is 0. The van der Waals surface area contributed by atoms with E-state index in [0.29, 0.717) is 0 Å². The summed E-state index contributed by atoms with van der Waals surface area (Å²) < 4.78 is 0. The zero-order chi connectivity index (χ0) is 18.0. The Morgan fingerprint density at radius 2 is 0.158 bits per heavy atom. The van der Waals surface area contributed by atoms with E-state index in [0.717, 1.165) is 0 Å². The quantitative estimate of drug-likeness (QED) is 0.415. The summed E-state index contributed by atoms with van der Waals surface area (Å²) in [6.45, 7) is 36.0. The molecule has 0 heteroatoms. The second-order valence-corrected chi connectivity index (χ2v) is 0. The average Bonchev–Trinajstić information content (AvgIpc) is 2.63. The third kappa shape index (κ3) is 0. The molecule has 0 heterocycles. The maximum atomic E-state index is 2.00. The van der Waals surface area contributed by atoms with Gasteiger partial charge in [-0.05, 0) is 0 Å². The van der Waals surface area contributed by atoms with Crippen molar-refractivity contribution in [2.75, 3.05) is 0 Å². The molecule has 0 radical (unpaired) electrons. The zero-order valence-corrected chi connectivity index (χ0v) is 18.0. The fourth-order valence-electron chi connectivity index (χ4n) is 0. The standard InChI is InChI=1S/9C2H6.CH4/c9*1-2;/h9*1-2H3;1H4. The van der Waals surface area contributed by atoms with Gasteiger partial charge in [0, 0.05) is 0 Å². The van der Waals surface area contributed by atoms with E-state index in [9.17, 15) is 0 Å². The van der Waals surface area contributed by atoms with Crippen LogP contribution in [0.25, 0.3) is 0 Å². The van der Waals surface area contributed by atoms with Crippen molar-refractivity contribution >= 4 is 0 Å². The molecule has 0 aromatic rings. The van der Waals surface area contributed by atoms with Crippen molar-refractivity contribution in [3.63, 3.8) is 0 Å². The molecule has 0 aromatic carbocycles. The fraction of sp³-hybridized carbons (Fsp3) is 1.00. The third-order valence-corrected chi connectivity index (χ3v) is 0. The first-order valence-corrected chi connectivity index (χ1v) is 9.00. The second kappa shape index (κ2) is 0. The van der Waals surface area contributed by atoms with Crippen LogP contribution < -0.4 is 0 Å². The van der Waals surface area contributed by atoms with Gasteiger partial charge in [-0.15, -0.1) is 0 Å². The third-order valence-electron chi connectivity index (χ3n) is 0. The van der Waals surface area contributed by atoms with Gasteiger partial charge in [0.05, 0.1) is 0 Å². The van der Waals surface area contributed by atoms with Crippen molar-refractivity contribution < 1.29 is 0 Å². The first kappa shape index (κ1) is 76.0. The molecule has 0 bridgehead atoms.